The van der Waals surface area contributed by atoms with Crippen molar-refractivity contribution in [3.05, 3.63) is 17.6 Å². The van der Waals surface area contributed by atoms with Crippen molar-refractivity contribution in [1.29, 1.82) is 0 Å². The second-order valence-corrected chi connectivity index (χ2v) is 5.47. The fourth-order valence-corrected chi connectivity index (χ4v) is 2.71. The quantitative estimate of drug-likeness (QED) is 0.645. The zero-order valence-electron chi connectivity index (χ0n) is 10.5. The zero-order valence-corrected chi connectivity index (χ0v) is 11.4. The number of nitrogens with one attached hydrogen (secondary N) is 1. The maximum atomic E-state index is 4.43. The van der Waals surface area contributed by atoms with Crippen LogP contribution < -0.4 is 5.32 Å². The van der Waals surface area contributed by atoms with Crippen LogP contribution in [0.4, 0.5) is 5.82 Å². The fraction of sp³-hybridized carbons (Fsp3) is 0.692. The highest BCUT2D eigenvalue weighted by Crippen LogP contribution is 2.23. The fourth-order valence-electron chi connectivity index (χ4n) is 2.27. The van der Waals surface area contributed by atoms with Crippen LogP contribution in [0.15, 0.2) is 6.33 Å². The van der Waals surface area contributed by atoms with Gasteiger partial charge in [0.15, 0.2) is 0 Å². The summed E-state index contributed by atoms with van der Waals surface area (Å²) in [6.07, 6.45) is 11.2. The van der Waals surface area contributed by atoms with Crippen molar-refractivity contribution < 1.29 is 0 Å². The van der Waals surface area contributed by atoms with E-state index in [0.29, 0.717) is 0 Å². The van der Waals surface area contributed by atoms with E-state index in [1.807, 2.05) is 11.8 Å². The number of thioether (sulfide) groups is 1. The number of aryl methyl sites for hydroxylation is 1. The van der Waals surface area contributed by atoms with Crippen LogP contribution in [0.2, 0.25) is 0 Å². The molecule has 1 aromatic heterocycles. The Morgan fingerprint density at radius 1 is 1.24 bits per heavy atom. The Kier molecular flexibility index (Phi) is 5.10. The van der Waals surface area contributed by atoms with E-state index in [1.54, 1.807) is 6.33 Å². The number of rotatable bonds is 5. The van der Waals surface area contributed by atoms with E-state index in [4.69, 9.17) is 0 Å². The molecule has 0 amide bonds. The monoisotopic (exact) mass is 251 g/mol. The standard InChI is InChI=1S/C13H21N3S/c1-17-9-5-8-14-13-11-6-3-2-4-7-12(11)15-10-16-13/h10H,2-9H2,1H3,(H,14,15,16). The van der Waals surface area contributed by atoms with Crippen LogP contribution in [0.5, 0.6) is 0 Å². The molecule has 1 N–H and O–H groups in total. The lowest BCUT2D eigenvalue weighted by atomic mass is 10.1. The van der Waals surface area contributed by atoms with E-state index in [9.17, 15) is 0 Å². The first-order valence-electron chi connectivity index (χ1n) is 6.47. The molecule has 0 saturated heterocycles. The van der Waals surface area contributed by atoms with E-state index < -0.39 is 0 Å². The molecule has 2 rings (SSSR count). The minimum atomic E-state index is 1.02. The van der Waals surface area contributed by atoms with Crippen LogP contribution >= 0.6 is 11.8 Å². The molecule has 0 unspecified atom stereocenters. The summed E-state index contributed by atoms with van der Waals surface area (Å²) in [6, 6.07) is 0. The lowest BCUT2D eigenvalue weighted by molar-refractivity contribution is 0.708. The number of hydrogen-bond acceptors (Lipinski definition) is 4. The van der Waals surface area contributed by atoms with Crippen LogP contribution in [-0.2, 0) is 12.8 Å². The highest BCUT2D eigenvalue weighted by molar-refractivity contribution is 7.98. The predicted molar refractivity (Wildman–Crippen MR) is 74.8 cm³/mol. The third kappa shape index (κ3) is 3.60. The van der Waals surface area contributed by atoms with Gasteiger partial charge in [-0.25, -0.2) is 9.97 Å². The molecule has 0 bridgehead atoms. The van der Waals surface area contributed by atoms with Gasteiger partial charge in [0.2, 0.25) is 0 Å². The van der Waals surface area contributed by atoms with Gasteiger partial charge in [-0.2, -0.15) is 11.8 Å². The number of nitrogens with zero attached hydrogens (tertiary/aromatic N) is 2. The number of aromatic nitrogens is 2. The molecular formula is C13H21N3S. The Morgan fingerprint density at radius 3 is 3.00 bits per heavy atom. The summed E-state index contributed by atoms with van der Waals surface area (Å²) in [5.41, 5.74) is 2.64. The molecule has 0 saturated carbocycles. The molecule has 1 aliphatic carbocycles. The van der Waals surface area contributed by atoms with Crippen molar-refractivity contribution in [3.8, 4) is 0 Å². The van der Waals surface area contributed by atoms with Crippen LogP contribution in [0.25, 0.3) is 0 Å². The Morgan fingerprint density at radius 2 is 2.12 bits per heavy atom. The maximum absolute atomic E-state index is 4.43. The molecule has 17 heavy (non-hydrogen) atoms. The van der Waals surface area contributed by atoms with Crippen LogP contribution in [0.1, 0.15) is 36.9 Å². The Bertz CT molecular complexity index is 355. The van der Waals surface area contributed by atoms with E-state index in [2.05, 4.69) is 21.5 Å². The summed E-state index contributed by atoms with van der Waals surface area (Å²) in [7, 11) is 0. The molecule has 0 aromatic carbocycles. The first kappa shape index (κ1) is 12.7. The average Bonchev–Trinajstić information content (AvgIpc) is 2.60. The largest absolute Gasteiger partial charge is 0.370 e. The lowest BCUT2D eigenvalue weighted by Gasteiger charge is -2.11. The predicted octanol–water partition coefficient (Wildman–Crippen LogP) is 2.91. The summed E-state index contributed by atoms with van der Waals surface area (Å²) < 4.78 is 0. The van der Waals surface area contributed by atoms with Crippen molar-refractivity contribution in [2.24, 2.45) is 0 Å². The van der Waals surface area contributed by atoms with Crippen molar-refractivity contribution in [2.75, 3.05) is 23.9 Å². The van der Waals surface area contributed by atoms with Crippen molar-refractivity contribution in [3.63, 3.8) is 0 Å². The Balaban J connectivity index is 2.01. The van der Waals surface area contributed by atoms with Crippen LogP contribution in [0, 0.1) is 0 Å². The van der Waals surface area contributed by atoms with Gasteiger partial charge < -0.3 is 5.32 Å². The van der Waals surface area contributed by atoms with Gasteiger partial charge in [0.1, 0.15) is 12.1 Å². The normalized spacial score (nSPS) is 15.1. The highest BCUT2D eigenvalue weighted by atomic mass is 32.2. The van der Waals surface area contributed by atoms with Gasteiger partial charge in [-0.1, -0.05) is 6.42 Å². The summed E-state index contributed by atoms with van der Waals surface area (Å²) in [6.45, 7) is 1.02. The van der Waals surface area contributed by atoms with Gasteiger partial charge in [0.05, 0.1) is 0 Å². The second-order valence-electron chi connectivity index (χ2n) is 4.48. The molecule has 1 aromatic rings. The second kappa shape index (κ2) is 6.84. The molecule has 0 spiro atoms. The molecular weight excluding hydrogens is 230 g/mol. The lowest BCUT2D eigenvalue weighted by Crippen LogP contribution is -2.09. The minimum absolute atomic E-state index is 1.02. The molecule has 94 valence electrons. The summed E-state index contributed by atoms with van der Waals surface area (Å²) in [5.74, 6) is 2.29. The molecule has 0 atom stereocenters. The van der Waals surface area contributed by atoms with Crippen LogP contribution in [-0.4, -0.2) is 28.5 Å². The zero-order chi connectivity index (χ0) is 11.9. The van der Waals surface area contributed by atoms with E-state index in [1.165, 1.54) is 42.7 Å². The first-order chi connectivity index (χ1) is 8.42. The third-order valence-electron chi connectivity index (χ3n) is 3.19. The summed E-state index contributed by atoms with van der Waals surface area (Å²) in [4.78, 5) is 8.83. The first-order valence-corrected chi connectivity index (χ1v) is 7.87. The van der Waals surface area contributed by atoms with Gasteiger partial charge in [0, 0.05) is 17.8 Å². The smallest absolute Gasteiger partial charge is 0.132 e. The van der Waals surface area contributed by atoms with Crippen molar-refractivity contribution >= 4 is 17.6 Å². The topological polar surface area (TPSA) is 37.8 Å². The maximum Gasteiger partial charge on any atom is 0.132 e. The van der Waals surface area contributed by atoms with E-state index >= 15 is 0 Å². The molecule has 4 heteroatoms. The van der Waals surface area contributed by atoms with Crippen molar-refractivity contribution in [1.82, 2.24) is 9.97 Å². The number of fused-ring (bicyclic) bond motifs is 1. The van der Waals surface area contributed by atoms with E-state index in [0.717, 1.165) is 25.2 Å². The average molecular weight is 251 g/mol. The van der Waals surface area contributed by atoms with Gasteiger partial charge in [-0.05, 0) is 44.1 Å². The van der Waals surface area contributed by atoms with Gasteiger partial charge >= 0.3 is 0 Å². The highest BCUT2D eigenvalue weighted by Gasteiger charge is 2.13. The van der Waals surface area contributed by atoms with Gasteiger partial charge in [-0.3, -0.25) is 0 Å². The van der Waals surface area contributed by atoms with Gasteiger partial charge in [0.25, 0.3) is 0 Å². The van der Waals surface area contributed by atoms with Gasteiger partial charge in [-0.15, -0.1) is 0 Å². The molecule has 3 nitrogen and oxygen atoms in total. The summed E-state index contributed by atoms with van der Waals surface area (Å²) in [5, 5.41) is 3.47. The Hall–Kier alpha value is -0.770. The Labute approximate surface area is 108 Å². The molecule has 1 heterocycles. The molecule has 0 radical (unpaired) electrons. The number of anilines is 1. The minimum Gasteiger partial charge on any atom is -0.370 e. The van der Waals surface area contributed by atoms with Crippen molar-refractivity contribution in [2.45, 2.75) is 38.5 Å². The molecule has 0 aliphatic heterocycles. The third-order valence-corrected chi connectivity index (χ3v) is 3.89. The molecule has 1 aliphatic rings. The van der Waals surface area contributed by atoms with E-state index in [-0.39, 0.29) is 0 Å². The SMILES string of the molecule is CSCCCNc1ncnc2c1CCCCC2. The summed E-state index contributed by atoms with van der Waals surface area (Å²) >= 11 is 1.90. The van der Waals surface area contributed by atoms with Crippen LogP contribution in [0.3, 0.4) is 0 Å². The molecule has 0 fully saturated rings. The number of hydrogen-bond donors (Lipinski definition) is 1.